The lowest BCUT2D eigenvalue weighted by Crippen LogP contribution is -2.42. The summed E-state index contributed by atoms with van der Waals surface area (Å²) in [4.78, 5) is 27.3. The van der Waals surface area contributed by atoms with Crippen molar-refractivity contribution in [2.24, 2.45) is 5.92 Å². The molecule has 7 nitrogen and oxygen atoms in total. The number of piperidine rings is 1. The molecule has 0 bridgehead atoms. The van der Waals surface area contributed by atoms with E-state index in [1.807, 2.05) is 30.5 Å². The van der Waals surface area contributed by atoms with Crippen molar-refractivity contribution < 1.29 is 14.3 Å². The summed E-state index contributed by atoms with van der Waals surface area (Å²) in [5.41, 5.74) is 1.77. The quantitative estimate of drug-likeness (QED) is 0.559. The highest BCUT2D eigenvalue weighted by Gasteiger charge is 2.28. The Morgan fingerprint density at radius 1 is 1.26 bits per heavy atom. The first kappa shape index (κ1) is 19.4. The maximum Gasteiger partial charge on any atom is 0.309 e. The zero-order valence-electron chi connectivity index (χ0n) is 15.6. The van der Waals surface area contributed by atoms with Crippen LogP contribution < -0.4 is 0 Å². The third-order valence-electron chi connectivity index (χ3n) is 4.69. The van der Waals surface area contributed by atoms with E-state index in [2.05, 4.69) is 10.3 Å². The Morgan fingerprint density at radius 3 is 2.70 bits per heavy atom. The number of likely N-dealkylation sites (tertiary alicyclic amines) is 1. The van der Waals surface area contributed by atoms with Crippen LogP contribution >= 0.6 is 11.8 Å². The van der Waals surface area contributed by atoms with Gasteiger partial charge in [0.1, 0.15) is 12.2 Å². The molecule has 1 amide bonds. The summed E-state index contributed by atoms with van der Waals surface area (Å²) in [5.74, 6) is -0.264. The van der Waals surface area contributed by atoms with Crippen LogP contribution in [0.25, 0.3) is 11.3 Å². The van der Waals surface area contributed by atoms with Crippen molar-refractivity contribution in [3.8, 4) is 11.3 Å². The second-order valence-electron chi connectivity index (χ2n) is 6.41. The van der Waals surface area contributed by atoms with E-state index in [1.54, 1.807) is 34.5 Å². The lowest BCUT2D eigenvalue weighted by molar-refractivity contribution is -0.151. The van der Waals surface area contributed by atoms with Crippen molar-refractivity contribution >= 4 is 23.6 Å². The van der Waals surface area contributed by atoms with Crippen LogP contribution in [-0.2, 0) is 20.9 Å². The van der Waals surface area contributed by atoms with Gasteiger partial charge in [0.25, 0.3) is 0 Å². The first-order valence-corrected chi connectivity index (χ1v) is 10.3. The molecule has 2 aromatic rings. The molecule has 3 rings (SSSR count). The molecular formula is C19H24N4O3S. The molecule has 2 heterocycles. The number of hydrogen-bond acceptors (Lipinski definition) is 6. The molecule has 0 aliphatic carbocycles. The molecular weight excluding hydrogens is 364 g/mol. The molecule has 27 heavy (non-hydrogen) atoms. The van der Waals surface area contributed by atoms with E-state index in [-0.39, 0.29) is 24.3 Å². The van der Waals surface area contributed by atoms with Crippen LogP contribution in [0, 0.1) is 5.92 Å². The highest BCUT2D eigenvalue weighted by atomic mass is 32.2. The Morgan fingerprint density at radius 2 is 2.00 bits per heavy atom. The average Bonchev–Trinajstić information content (AvgIpc) is 3.16. The molecule has 1 aliphatic heterocycles. The van der Waals surface area contributed by atoms with Gasteiger partial charge >= 0.3 is 5.97 Å². The normalized spacial score (nSPS) is 15.0. The van der Waals surface area contributed by atoms with Crippen LogP contribution in [0.4, 0.5) is 0 Å². The van der Waals surface area contributed by atoms with Gasteiger partial charge in [0.05, 0.1) is 18.7 Å². The van der Waals surface area contributed by atoms with Crippen molar-refractivity contribution in [2.45, 2.75) is 31.2 Å². The minimum atomic E-state index is -0.155. The van der Waals surface area contributed by atoms with E-state index in [0.29, 0.717) is 32.5 Å². The predicted molar refractivity (Wildman–Crippen MR) is 103 cm³/mol. The van der Waals surface area contributed by atoms with E-state index in [9.17, 15) is 9.59 Å². The summed E-state index contributed by atoms with van der Waals surface area (Å²) >= 11 is 1.65. The van der Waals surface area contributed by atoms with Gasteiger partial charge in [-0.1, -0.05) is 23.4 Å². The lowest BCUT2D eigenvalue weighted by atomic mass is 9.97. The zero-order valence-corrected chi connectivity index (χ0v) is 16.4. The molecule has 0 saturated carbocycles. The van der Waals surface area contributed by atoms with Crippen molar-refractivity contribution in [3.63, 3.8) is 0 Å². The summed E-state index contributed by atoms with van der Waals surface area (Å²) in [6, 6.07) is 8.00. The fourth-order valence-electron chi connectivity index (χ4n) is 3.22. The van der Waals surface area contributed by atoms with Crippen LogP contribution in [0.5, 0.6) is 0 Å². The van der Waals surface area contributed by atoms with Crippen molar-refractivity contribution in [1.29, 1.82) is 0 Å². The number of hydrogen-bond donors (Lipinski definition) is 0. The monoisotopic (exact) mass is 388 g/mol. The minimum Gasteiger partial charge on any atom is -0.466 e. The standard InChI is InChI=1S/C19H24N4O3S/c1-3-26-19(25)14-8-10-22(11-9-14)18(24)13-23-12-16(20-21-23)15-6-4-5-7-17(15)27-2/h4-7,12,14H,3,8-11,13H2,1-2H3. The number of carbonyl (C=O) groups is 2. The minimum absolute atomic E-state index is 0.00749. The Labute approximate surface area is 163 Å². The van der Waals surface area contributed by atoms with E-state index in [4.69, 9.17) is 4.74 Å². The third kappa shape index (κ3) is 4.68. The molecule has 8 heteroatoms. The highest BCUT2D eigenvalue weighted by molar-refractivity contribution is 7.98. The zero-order chi connectivity index (χ0) is 19.2. The molecule has 1 saturated heterocycles. The lowest BCUT2D eigenvalue weighted by Gasteiger charge is -2.30. The fourth-order valence-corrected chi connectivity index (χ4v) is 3.83. The van der Waals surface area contributed by atoms with E-state index < -0.39 is 0 Å². The Kier molecular flexibility index (Phi) is 6.49. The second kappa shape index (κ2) is 9.03. The van der Waals surface area contributed by atoms with E-state index in [1.165, 1.54) is 0 Å². The van der Waals surface area contributed by atoms with Crippen molar-refractivity contribution in [1.82, 2.24) is 19.9 Å². The van der Waals surface area contributed by atoms with Crippen LogP contribution in [0.2, 0.25) is 0 Å². The smallest absolute Gasteiger partial charge is 0.309 e. The van der Waals surface area contributed by atoms with Crippen LogP contribution in [0.15, 0.2) is 35.4 Å². The molecule has 0 N–H and O–H groups in total. The van der Waals surface area contributed by atoms with Crippen molar-refractivity contribution in [2.75, 3.05) is 26.0 Å². The van der Waals surface area contributed by atoms with E-state index in [0.717, 1.165) is 16.2 Å². The molecule has 0 spiro atoms. The Balaban J connectivity index is 1.58. The topological polar surface area (TPSA) is 77.3 Å². The first-order chi connectivity index (χ1) is 13.1. The first-order valence-electron chi connectivity index (χ1n) is 9.10. The summed E-state index contributed by atoms with van der Waals surface area (Å²) in [6.07, 6.45) is 5.12. The average molecular weight is 388 g/mol. The number of thioether (sulfide) groups is 1. The number of nitrogens with zero attached hydrogens (tertiary/aromatic N) is 4. The summed E-state index contributed by atoms with van der Waals surface area (Å²) in [6.45, 7) is 3.49. The summed E-state index contributed by atoms with van der Waals surface area (Å²) in [5, 5.41) is 8.32. The SMILES string of the molecule is CCOC(=O)C1CCN(C(=O)Cn2cc(-c3ccccc3SC)nn2)CC1. The summed E-state index contributed by atoms with van der Waals surface area (Å²) < 4.78 is 6.65. The number of ether oxygens (including phenoxy) is 1. The van der Waals surface area contributed by atoms with Gasteiger partial charge in [0, 0.05) is 23.5 Å². The van der Waals surface area contributed by atoms with Crippen LogP contribution in [-0.4, -0.2) is 57.7 Å². The molecule has 144 valence electrons. The van der Waals surface area contributed by atoms with Gasteiger partial charge in [-0.3, -0.25) is 9.59 Å². The van der Waals surface area contributed by atoms with Gasteiger partial charge in [-0.2, -0.15) is 0 Å². The second-order valence-corrected chi connectivity index (χ2v) is 7.26. The van der Waals surface area contributed by atoms with Gasteiger partial charge < -0.3 is 9.64 Å². The van der Waals surface area contributed by atoms with Crippen LogP contribution in [0.3, 0.4) is 0 Å². The maximum atomic E-state index is 12.6. The molecule has 1 aromatic carbocycles. The molecule has 1 aliphatic rings. The van der Waals surface area contributed by atoms with Gasteiger partial charge in [-0.15, -0.1) is 16.9 Å². The molecule has 0 unspecified atom stereocenters. The molecule has 0 atom stereocenters. The molecule has 0 radical (unpaired) electrons. The van der Waals surface area contributed by atoms with E-state index >= 15 is 0 Å². The van der Waals surface area contributed by atoms with Gasteiger partial charge in [-0.25, -0.2) is 4.68 Å². The summed E-state index contributed by atoms with van der Waals surface area (Å²) in [7, 11) is 0. The third-order valence-corrected chi connectivity index (χ3v) is 5.48. The Bertz CT molecular complexity index is 800. The number of rotatable bonds is 6. The predicted octanol–water partition coefficient (Wildman–Crippen LogP) is 2.47. The number of carbonyl (C=O) groups excluding carboxylic acids is 2. The van der Waals surface area contributed by atoms with Crippen LogP contribution in [0.1, 0.15) is 19.8 Å². The molecule has 1 aromatic heterocycles. The molecule has 1 fully saturated rings. The number of benzene rings is 1. The maximum absolute atomic E-state index is 12.6. The highest BCUT2D eigenvalue weighted by Crippen LogP contribution is 2.28. The number of aromatic nitrogens is 3. The van der Waals surface area contributed by atoms with Gasteiger partial charge in [0.15, 0.2) is 0 Å². The van der Waals surface area contributed by atoms with Crippen molar-refractivity contribution in [3.05, 3.63) is 30.5 Å². The number of esters is 1. The van der Waals surface area contributed by atoms with Gasteiger partial charge in [0.2, 0.25) is 5.91 Å². The fraction of sp³-hybridized carbons (Fsp3) is 0.474. The Hall–Kier alpha value is -2.35. The number of amides is 1. The largest absolute Gasteiger partial charge is 0.466 e. The van der Waals surface area contributed by atoms with Gasteiger partial charge in [-0.05, 0) is 32.1 Å².